The Morgan fingerprint density at radius 1 is 0.846 bits per heavy atom. The molecule has 1 rings (SSSR count). The molecule has 0 saturated carbocycles. The zero-order valence-corrected chi connectivity index (χ0v) is 11.6. The minimum absolute atomic E-state index is 0. The average Bonchev–Trinajstić information content (AvgIpc) is 2.11. The minimum Gasteiger partial charge on any atom is -1.00 e. The van der Waals surface area contributed by atoms with Crippen LogP contribution in [0.3, 0.4) is 0 Å². The molecule has 0 heterocycles. The zero-order chi connectivity index (χ0) is 7.11. The van der Waals surface area contributed by atoms with Crippen LogP contribution in [-0.2, 0) is 18.6 Å². The summed E-state index contributed by atoms with van der Waals surface area (Å²) in [5, 5.41) is 0. The van der Waals surface area contributed by atoms with E-state index in [1.807, 2.05) is 30.3 Å². The second-order valence-corrected chi connectivity index (χ2v) is 2.46. The molecule has 0 aliphatic carbocycles. The van der Waals surface area contributed by atoms with Crippen LogP contribution in [0.2, 0.25) is 0 Å². The Bertz CT molecular complexity index is 98.4. The van der Waals surface area contributed by atoms with Crippen molar-refractivity contribution in [2.75, 3.05) is 0 Å². The molecule has 1 aromatic carbocycles. The summed E-state index contributed by atoms with van der Waals surface area (Å²) < 4.78 is 0. The molecule has 1 aromatic rings. The van der Waals surface area contributed by atoms with Crippen LogP contribution in [0, 0.1) is 5.92 Å². The maximum atomic E-state index is 2.08. The first-order valence-corrected chi connectivity index (χ1v) is 3.17. The quantitative estimate of drug-likeness (QED) is 0.415. The molecule has 1 radical (unpaired) electrons. The van der Waals surface area contributed by atoms with E-state index < -0.39 is 0 Å². The summed E-state index contributed by atoms with van der Waals surface area (Å²) in [4.78, 5) is 0. The second kappa shape index (κ2) is 23.0. The van der Waals surface area contributed by atoms with Crippen LogP contribution < -0.4 is 37.2 Å². The predicted molar refractivity (Wildman–Crippen MR) is 42.3 cm³/mol. The van der Waals surface area contributed by atoms with Gasteiger partial charge in [-0.3, -0.25) is 0 Å². The van der Waals surface area contributed by atoms with Crippen LogP contribution in [0.5, 0.6) is 0 Å². The van der Waals surface area contributed by atoms with Crippen LogP contribution in [0.25, 0.3) is 0 Å². The van der Waals surface area contributed by atoms with E-state index in [2.05, 4.69) is 20.8 Å². The molecule has 81 valence electrons. The summed E-state index contributed by atoms with van der Waals surface area (Å²) in [6, 6.07) is 10.0. The van der Waals surface area contributed by atoms with Crippen molar-refractivity contribution in [1.29, 1.82) is 0 Å². The van der Waals surface area contributed by atoms with Gasteiger partial charge in [0.25, 0.3) is 0 Å². The van der Waals surface area contributed by atoms with Crippen LogP contribution >= 0.6 is 0 Å². The standard InChI is InChI=1S/C5H5.C4H9.3ClH.V/c1-2-4-5-3-1;1-4(2)3;;;;/h1-5H;1-3H3;3*1H;/q2*-1;;;;/p-3. The van der Waals surface area contributed by atoms with E-state index in [-0.39, 0.29) is 55.8 Å². The molecule has 0 bridgehead atoms. The van der Waals surface area contributed by atoms with Gasteiger partial charge in [-0.1, -0.05) is 0 Å². The molecule has 0 aromatic heterocycles. The van der Waals surface area contributed by atoms with Crippen LogP contribution in [0.1, 0.15) is 20.8 Å². The smallest absolute Gasteiger partial charge is 0 e. The van der Waals surface area contributed by atoms with Gasteiger partial charge in [-0.25, -0.2) is 12.1 Å². The van der Waals surface area contributed by atoms with Gasteiger partial charge in [0, 0.05) is 18.6 Å². The monoisotopic (exact) mass is 278 g/mol. The third kappa shape index (κ3) is 44.4. The Hall–Kier alpha value is 0.804. The fourth-order valence-corrected chi connectivity index (χ4v) is 0.321. The fourth-order valence-electron chi connectivity index (χ4n) is 0.321. The Morgan fingerprint density at radius 2 is 1.08 bits per heavy atom. The number of hydrogen-bond donors (Lipinski definition) is 0. The Balaban J connectivity index is -0.0000000256. The molecule has 0 saturated heterocycles. The van der Waals surface area contributed by atoms with Crippen molar-refractivity contribution in [3.05, 3.63) is 36.2 Å². The first-order valence-electron chi connectivity index (χ1n) is 3.17. The van der Waals surface area contributed by atoms with E-state index in [4.69, 9.17) is 0 Å². The molecule has 0 fully saturated rings. The normalized spacial score (nSPS) is 5.85. The molecular weight excluding hydrogens is 265 g/mol. The topological polar surface area (TPSA) is 0 Å². The van der Waals surface area contributed by atoms with Crippen molar-refractivity contribution in [3.8, 4) is 0 Å². The van der Waals surface area contributed by atoms with Gasteiger partial charge < -0.3 is 43.1 Å². The van der Waals surface area contributed by atoms with E-state index in [9.17, 15) is 0 Å². The Labute approximate surface area is 112 Å². The molecule has 0 nitrogen and oxygen atoms in total. The number of halogens is 3. The Morgan fingerprint density at radius 3 is 1.15 bits per heavy atom. The molecule has 13 heavy (non-hydrogen) atoms. The van der Waals surface area contributed by atoms with Gasteiger partial charge in [-0.2, -0.15) is 39.0 Å². The van der Waals surface area contributed by atoms with Crippen molar-refractivity contribution in [2.45, 2.75) is 20.8 Å². The Kier molecular flexibility index (Phi) is 51.7. The largest absolute Gasteiger partial charge is 1.00 e. The molecule has 0 atom stereocenters. The predicted octanol–water partition coefficient (Wildman–Crippen LogP) is -5.96. The molecule has 0 unspecified atom stereocenters. The van der Waals surface area contributed by atoms with Crippen LogP contribution in [-0.4, -0.2) is 0 Å². The summed E-state index contributed by atoms with van der Waals surface area (Å²) >= 11 is 0. The van der Waals surface area contributed by atoms with E-state index >= 15 is 0 Å². The summed E-state index contributed by atoms with van der Waals surface area (Å²) in [5.74, 6) is 1.42. The van der Waals surface area contributed by atoms with Crippen molar-refractivity contribution in [2.24, 2.45) is 0 Å². The molecule has 0 spiro atoms. The zero-order valence-electron chi connectivity index (χ0n) is 7.97. The SMILES string of the molecule is C[C-](C)C.[Cl-].[Cl-].[Cl-].[V].c1cc[cH-]c1. The van der Waals surface area contributed by atoms with E-state index in [1.165, 1.54) is 5.92 Å². The van der Waals surface area contributed by atoms with Crippen molar-refractivity contribution < 1.29 is 55.8 Å². The van der Waals surface area contributed by atoms with E-state index in [0.29, 0.717) is 0 Å². The van der Waals surface area contributed by atoms with Gasteiger partial charge in [-0.15, -0.1) is 0 Å². The van der Waals surface area contributed by atoms with E-state index in [0.717, 1.165) is 0 Å². The van der Waals surface area contributed by atoms with Crippen molar-refractivity contribution in [1.82, 2.24) is 0 Å². The molecule has 0 aliphatic heterocycles. The fraction of sp³-hybridized carbons (Fsp3) is 0.333. The summed E-state index contributed by atoms with van der Waals surface area (Å²) in [6.45, 7) is 6.25. The molecule has 0 amide bonds. The van der Waals surface area contributed by atoms with Gasteiger partial charge in [0.05, 0.1) is 0 Å². The summed E-state index contributed by atoms with van der Waals surface area (Å²) in [7, 11) is 0. The third-order valence-electron chi connectivity index (χ3n) is 0.556. The maximum absolute atomic E-state index is 2.08. The molecular formula is C9H14Cl3V-5. The van der Waals surface area contributed by atoms with Gasteiger partial charge in [0.1, 0.15) is 0 Å². The molecule has 0 N–H and O–H groups in total. The maximum Gasteiger partial charge on any atom is 0 e. The molecule has 4 heteroatoms. The number of hydrogen-bond acceptors (Lipinski definition) is 0. The average molecular weight is 280 g/mol. The van der Waals surface area contributed by atoms with Gasteiger partial charge >= 0.3 is 0 Å². The van der Waals surface area contributed by atoms with Gasteiger partial charge in [0.2, 0.25) is 0 Å². The van der Waals surface area contributed by atoms with Gasteiger partial charge in [-0.05, 0) is 0 Å². The van der Waals surface area contributed by atoms with Crippen molar-refractivity contribution in [3.63, 3.8) is 0 Å². The third-order valence-corrected chi connectivity index (χ3v) is 0.556. The van der Waals surface area contributed by atoms with Crippen LogP contribution in [0.4, 0.5) is 0 Å². The number of rotatable bonds is 0. The minimum atomic E-state index is 0. The molecule has 0 aliphatic rings. The van der Waals surface area contributed by atoms with Crippen molar-refractivity contribution >= 4 is 0 Å². The summed E-state index contributed by atoms with van der Waals surface area (Å²) in [6.07, 6.45) is 0. The summed E-state index contributed by atoms with van der Waals surface area (Å²) in [5.41, 5.74) is 0. The first kappa shape index (κ1) is 29.2. The second-order valence-electron chi connectivity index (χ2n) is 2.46. The van der Waals surface area contributed by atoms with Crippen LogP contribution in [0.15, 0.2) is 30.3 Å². The van der Waals surface area contributed by atoms with E-state index in [1.54, 1.807) is 0 Å². The van der Waals surface area contributed by atoms with Gasteiger partial charge in [0.15, 0.2) is 0 Å². The first-order chi connectivity index (χ1) is 4.23.